The van der Waals surface area contributed by atoms with E-state index in [1.165, 1.54) is 0 Å². The lowest BCUT2D eigenvalue weighted by Gasteiger charge is -2.33. The van der Waals surface area contributed by atoms with Crippen molar-refractivity contribution in [2.75, 3.05) is 27.9 Å². The number of aliphatic hydroxyl groups is 1. The summed E-state index contributed by atoms with van der Waals surface area (Å²) in [4.78, 5) is 0. The zero-order valence-electron chi connectivity index (χ0n) is 25.6. The van der Waals surface area contributed by atoms with Crippen molar-refractivity contribution in [2.45, 2.75) is 52.0 Å². The van der Waals surface area contributed by atoms with Crippen molar-refractivity contribution >= 4 is 0 Å². The summed E-state index contributed by atoms with van der Waals surface area (Å²) in [5.41, 5.74) is -8.14. The van der Waals surface area contributed by atoms with Gasteiger partial charge in [-0.3, -0.25) is 0 Å². The van der Waals surface area contributed by atoms with Crippen LogP contribution in [-0.2, 0) is 68.1 Å². The SMILES string of the molecule is COCc1c(F)c(F)c(COC(CCO)(OCc2c(F)c(F)c(COC)c(F)c2F)OCc2c(F)c(F)c(COC)c(F)c2F)c(F)c1F. The molecular weight excluding hydrogens is 700 g/mol. The lowest BCUT2D eigenvalue weighted by Crippen LogP contribution is -2.40. The molecule has 0 aliphatic rings. The maximum atomic E-state index is 14.8. The topological polar surface area (TPSA) is 75.6 Å². The minimum atomic E-state index is -3.25. The Kier molecular flexibility index (Phi) is 13.8. The van der Waals surface area contributed by atoms with E-state index in [0.717, 1.165) is 21.3 Å². The largest absolute Gasteiger partial charge is 0.396 e. The van der Waals surface area contributed by atoms with Gasteiger partial charge in [0.2, 0.25) is 0 Å². The van der Waals surface area contributed by atoms with Crippen molar-refractivity contribution < 1.29 is 86.2 Å². The zero-order chi connectivity index (χ0) is 36.8. The second-order valence-corrected chi connectivity index (χ2v) is 9.96. The van der Waals surface area contributed by atoms with Gasteiger partial charge in [-0.1, -0.05) is 0 Å². The minimum Gasteiger partial charge on any atom is -0.396 e. The van der Waals surface area contributed by atoms with Crippen molar-refractivity contribution in [1.82, 2.24) is 0 Å². The third-order valence-electron chi connectivity index (χ3n) is 6.93. The average molecular weight is 727 g/mol. The van der Waals surface area contributed by atoms with Crippen LogP contribution in [0.3, 0.4) is 0 Å². The first-order valence-electron chi connectivity index (χ1n) is 13.6. The van der Waals surface area contributed by atoms with E-state index in [1.54, 1.807) is 0 Å². The van der Waals surface area contributed by atoms with Gasteiger partial charge in [0.15, 0.2) is 69.8 Å². The number of aliphatic hydroxyl groups excluding tert-OH is 1. The van der Waals surface area contributed by atoms with Crippen LogP contribution in [0, 0.1) is 69.8 Å². The normalized spacial score (nSPS) is 12.0. The van der Waals surface area contributed by atoms with Crippen LogP contribution in [0.2, 0.25) is 0 Å². The van der Waals surface area contributed by atoms with Gasteiger partial charge in [0.1, 0.15) is 0 Å². The number of halogens is 12. The molecule has 0 fully saturated rings. The highest BCUT2D eigenvalue weighted by molar-refractivity contribution is 5.31. The van der Waals surface area contributed by atoms with Crippen LogP contribution in [0.4, 0.5) is 52.7 Å². The van der Waals surface area contributed by atoms with E-state index in [9.17, 15) is 57.8 Å². The molecular formula is C30H26F12O7. The van der Waals surface area contributed by atoms with Crippen LogP contribution in [0.1, 0.15) is 39.8 Å². The van der Waals surface area contributed by atoms with Crippen molar-refractivity contribution in [3.8, 4) is 0 Å². The van der Waals surface area contributed by atoms with Gasteiger partial charge in [0.05, 0.1) is 86.0 Å². The summed E-state index contributed by atoms with van der Waals surface area (Å²) in [6, 6.07) is 0. The molecule has 49 heavy (non-hydrogen) atoms. The van der Waals surface area contributed by atoms with Gasteiger partial charge in [0.25, 0.3) is 5.97 Å². The molecule has 0 heterocycles. The fourth-order valence-corrected chi connectivity index (χ4v) is 4.39. The van der Waals surface area contributed by atoms with E-state index >= 15 is 0 Å². The van der Waals surface area contributed by atoms with Crippen molar-refractivity contribution in [2.24, 2.45) is 0 Å². The summed E-state index contributed by atoms with van der Waals surface area (Å²) < 4.78 is 205. The summed E-state index contributed by atoms with van der Waals surface area (Å²) in [7, 11) is 2.85. The second kappa shape index (κ2) is 17.0. The van der Waals surface area contributed by atoms with Crippen LogP contribution in [0.25, 0.3) is 0 Å². The Morgan fingerprint density at radius 3 is 0.714 bits per heavy atom. The fourth-order valence-electron chi connectivity index (χ4n) is 4.39. The van der Waals surface area contributed by atoms with Gasteiger partial charge in [-0.25, -0.2) is 52.7 Å². The van der Waals surface area contributed by atoms with Crippen molar-refractivity contribution in [1.29, 1.82) is 0 Å². The number of benzene rings is 3. The quantitative estimate of drug-likeness (QED) is 0.0935. The summed E-state index contributed by atoms with van der Waals surface area (Å²) in [6.45, 7) is -8.91. The molecule has 272 valence electrons. The second-order valence-electron chi connectivity index (χ2n) is 9.96. The molecule has 0 atom stereocenters. The predicted octanol–water partition coefficient (Wildman–Crippen LogP) is 6.78. The van der Waals surface area contributed by atoms with Crippen molar-refractivity contribution in [3.05, 3.63) is 103 Å². The smallest absolute Gasteiger partial charge is 0.286 e. The van der Waals surface area contributed by atoms with Crippen LogP contribution < -0.4 is 0 Å². The zero-order valence-corrected chi connectivity index (χ0v) is 25.6. The lowest BCUT2D eigenvalue weighted by atomic mass is 10.1. The van der Waals surface area contributed by atoms with E-state index in [0.29, 0.717) is 0 Å². The molecule has 0 aliphatic carbocycles. The van der Waals surface area contributed by atoms with Crippen LogP contribution in [-0.4, -0.2) is 39.0 Å². The Labute approximate surface area is 269 Å². The van der Waals surface area contributed by atoms with Crippen LogP contribution in [0.15, 0.2) is 0 Å². The van der Waals surface area contributed by atoms with Gasteiger partial charge in [-0.15, -0.1) is 0 Å². The van der Waals surface area contributed by atoms with Crippen LogP contribution >= 0.6 is 0 Å². The van der Waals surface area contributed by atoms with Gasteiger partial charge in [-0.2, -0.15) is 0 Å². The standard InChI is InChI=1S/C30H26F12O7/c1-44-6-12-18(31)24(37)15(25(38)19(12)32)9-47-30(4-5-43,48-10-16-26(39)20(33)13(7-45-2)21(34)27(16)40)49-11-17-28(41)22(35)14(8-46-3)23(36)29(17)42/h43H,4-11H2,1-3H3. The number of rotatable bonds is 17. The molecule has 0 saturated heterocycles. The van der Waals surface area contributed by atoms with Gasteiger partial charge in [-0.05, 0) is 0 Å². The Hall–Kier alpha value is -3.46. The highest BCUT2D eigenvalue weighted by Gasteiger charge is 2.39. The molecule has 0 bridgehead atoms. The molecule has 0 aromatic heterocycles. The first-order chi connectivity index (χ1) is 23.1. The molecule has 7 nitrogen and oxygen atoms in total. The molecule has 3 rings (SSSR count). The molecule has 0 saturated carbocycles. The average Bonchev–Trinajstić information content (AvgIpc) is 3.07. The fraction of sp³-hybridized carbons (Fsp3) is 0.400. The number of methoxy groups -OCH3 is 3. The molecule has 3 aromatic carbocycles. The lowest BCUT2D eigenvalue weighted by molar-refractivity contribution is -0.399. The molecule has 0 spiro atoms. The summed E-state index contributed by atoms with van der Waals surface area (Å²) in [6.07, 6.45) is -1.16. The Morgan fingerprint density at radius 2 is 0.551 bits per heavy atom. The summed E-state index contributed by atoms with van der Waals surface area (Å²) in [5.74, 6) is -27.3. The van der Waals surface area contributed by atoms with E-state index in [1.807, 2.05) is 0 Å². The first kappa shape index (κ1) is 40.0. The number of ether oxygens (including phenoxy) is 6. The van der Waals surface area contributed by atoms with E-state index in [4.69, 9.17) is 14.2 Å². The molecule has 1 N–H and O–H groups in total. The molecule has 0 unspecified atom stereocenters. The van der Waals surface area contributed by atoms with E-state index < -0.39 is 162 Å². The maximum absolute atomic E-state index is 14.8. The Balaban J connectivity index is 2.13. The molecule has 3 aromatic rings. The number of hydrogen-bond acceptors (Lipinski definition) is 7. The highest BCUT2D eigenvalue weighted by atomic mass is 19.2. The first-order valence-corrected chi connectivity index (χ1v) is 13.6. The van der Waals surface area contributed by atoms with Crippen molar-refractivity contribution in [3.63, 3.8) is 0 Å². The Morgan fingerprint density at radius 1 is 0.367 bits per heavy atom. The monoisotopic (exact) mass is 726 g/mol. The van der Waals surface area contributed by atoms with E-state index in [-0.39, 0.29) is 0 Å². The molecule has 0 amide bonds. The number of hydrogen-bond donors (Lipinski definition) is 1. The molecule has 19 heteroatoms. The maximum Gasteiger partial charge on any atom is 0.286 e. The molecule has 0 aliphatic heterocycles. The molecule has 0 radical (unpaired) electrons. The van der Waals surface area contributed by atoms with Gasteiger partial charge < -0.3 is 33.5 Å². The van der Waals surface area contributed by atoms with E-state index in [2.05, 4.69) is 14.2 Å². The van der Waals surface area contributed by atoms with Gasteiger partial charge in [0, 0.05) is 21.3 Å². The minimum absolute atomic E-state index is 0.936. The highest BCUT2D eigenvalue weighted by Crippen LogP contribution is 2.33. The third kappa shape index (κ3) is 8.13. The summed E-state index contributed by atoms with van der Waals surface area (Å²) in [5, 5.41) is 9.69. The summed E-state index contributed by atoms with van der Waals surface area (Å²) >= 11 is 0. The Bertz CT molecular complexity index is 1400. The predicted molar refractivity (Wildman–Crippen MR) is 140 cm³/mol. The third-order valence-corrected chi connectivity index (χ3v) is 6.93. The van der Waals surface area contributed by atoms with Crippen LogP contribution in [0.5, 0.6) is 0 Å². The van der Waals surface area contributed by atoms with Gasteiger partial charge >= 0.3 is 0 Å².